The number of rotatable bonds is 6. The highest BCUT2D eigenvalue weighted by Gasteiger charge is 2.32. The summed E-state index contributed by atoms with van der Waals surface area (Å²) in [6.45, 7) is 4.25. The van der Waals surface area contributed by atoms with Gasteiger partial charge in [-0.15, -0.1) is 0 Å². The quantitative estimate of drug-likeness (QED) is 0.859. The highest BCUT2D eigenvalue weighted by atomic mass is 16.5. The van der Waals surface area contributed by atoms with Crippen molar-refractivity contribution in [3.8, 4) is 0 Å². The lowest BCUT2D eigenvalue weighted by Gasteiger charge is -2.36. The molecule has 2 aromatic rings. The van der Waals surface area contributed by atoms with Crippen LogP contribution in [0, 0.1) is 0 Å². The van der Waals surface area contributed by atoms with Crippen molar-refractivity contribution in [2.75, 3.05) is 26.7 Å². The number of carbonyl (C=O) groups is 1. The van der Waals surface area contributed by atoms with Crippen LogP contribution in [-0.2, 0) is 13.0 Å². The predicted molar refractivity (Wildman–Crippen MR) is 98.7 cm³/mol. The summed E-state index contributed by atoms with van der Waals surface area (Å²) >= 11 is 0. The average molecular weight is 357 g/mol. The van der Waals surface area contributed by atoms with Gasteiger partial charge in [0.25, 0.3) is 5.91 Å². The third kappa shape index (κ3) is 4.93. The van der Waals surface area contributed by atoms with Crippen LogP contribution in [-0.4, -0.2) is 58.3 Å². The van der Waals surface area contributed by atoms with E-state index in [9.17, 15) is 9.90 Å². The Bertz CT molecular complexity index is 727. The standard InChI is InChI=1S/C20H27N3O3/c1-20(25)10-6-11-23(15-20)19(24)18-13-17(26-21-18)14-22(2)12-9-16-7-4-3-5-8-16/h3-5,7-8,13,25H,6,9-12,14-15H2,1-2H3/t20-/m0/s1. The lowest BCUT2D eigenvalue weighted by atomic mass is 9.95. The molecule has 1 amide bonds. The fourth-order valence-corrected chi connectivity index (χ4v) is 3.35. The molecule has 1 saturated heterocycles. The van der Waals surface area contributed by atoms with Crippen LogP contribution in [0.5, 0.6) is 0 Å². The van der Waals surface area contributed by atoms with Crippen molar-refractivity contribution in [3.05, 3.63) is 53.4 Å². The van der Waals surface area contributed by atoms with E-state index in [0.29, 0.717) is 37.5 Å². The molecular weight excluding hydrogens is 330 g/mol. The van der Waals surface area contributed by atoms with Gasteiger partial charge in [0, 0.05) is 25.7 Å². The lowest BCUT2D eigenvalue weighted by Crippen LogP contribution is -2.48. The van der Waals surface area contributed by atoms with Crippen LogP contribution in [0.3, 0.4) is 0 Å². The maximum absolute atomic E-state index is 12.6. The van der Waals surface area contributed by atoms with Gasteiger partial charge in [-0.25, -0.2) is 0 Å². The maximum atomic E-state index is 12.6. The van der Waals surface area contributed by atoms with Gasteiger partial charge in [-0.1, -0.05) is 35.5 Å². The van der Waals surface area contributed by atoms with E-state index >= 15 is 0 Å². The topological polar surface area (TPSA) is 69.8 Å². The number of aromatic nitrogens is 1. The average Bonchev–Trinajstić information content (AvgIpc) is 3.08. The number of amides is 1. The van der Waals surface area contributed by atoms with Crippen LogP contribution in [0.2, 0.25) is 0 Å². The molecule has 1 fully saturated rings. The highest BCUT2D eigenvalue weighted by Crippen LogP contribution is 2.22. The summed E-state index contributed by atoms with van der Waals surface area (Å²) < 4.78 is 5.35. The Hall–Kier alpha value is -2.18. The van der Waals surface area contributed by atoms with E-state index in [0.717, 1.165) is 19.4 Å². The molecule has 6 nitrogen and oxygen atoms in total. The molecule has 0 bridgehead atoms. The Balaban J connectivity index is 1.53. The van der Waals surface area contributed by atoms with Gasteiger partial charge < -0.3 is 14.5 Å². The highest BCUT2D eigenvalue weighted by molar-refractivity contribution is 5.92. The van der Waals surface area contributed by atoms with Crippen molar-refractivity contribution in [1.29, 1.82) is 0 Å². The molecule has 0 radical (unpaired) electrons. The number of hydrogen-bond donors (Lipinski definition) is 1. The number of likely N-dealkylation sites (N-methyl/N-ethyl adjacent to an activating group) is 1. The number of benzene rings is 1. The normalized spacial score (nSPS) is 20.5. The van der Waals surface area contributed by atoms with Crippen molar-refractivity contribution >= 4 is 5.91 Å². The van der Waals surface area contributed by atoms with Crippen molar-refractivity contribution < 1.29 is 14.4 Å². The van der Waals surface area contributed by atoms with E-state index in [4.69, 9.17) is 4.52 Å². The zero-order chi connectivity index (χ0) is 18.6. The molecule has 2 heterocycles. The van der Waals surface area contributed by atoms with Gasteiger partial charge in [0.1, 0.15) is 0 Å². The lowest BCUT2D eigenvalue weighted by molar-refractivity contribution is -0.0110. The molecule has 0 spiro atoms. The van der Waals surface area contributed by atoms with E-state index in [1.165, 1.54) is 5.56 Å². The Labute approximate surface area is 154 Å². The molecule has 1 N–H and O–H groups in total. The summed E-state index contributed by atoms with van der Waals surface area (Å²) in [4.78, 5) is 16.4. The molecule has 6 heteroatoms. The van der Waals surface area contributed by atoms with Crippen molar-refractivity contribution in [3.63, 3.8) is 0 Å². The van der Waals surface area contributed by atoms with Gasteiger partial charge in [0.05, 0.1) is 12.1 Å². The second-order valence-corrected chi connectivity index (χ2v) is 7.48. The molecule has 0 unspecified atom stereocenters. The van der Waals surface area contributed by atoms with Crippen LogP contribution in [0.25, 0.3) is 0 Å². The van der Waals surface area contributed by atoms with Gasteiger partial charge in [-0.3, -0.25) is 9.69 Å². The molecule has 1 aromatic heterocycles. The number of carbonyl (C=O) groups excluding carboxylic acids is 1. The zero-order valence-corrected chi connectivity index (χ0v) is 15.5. The van der Waals surface area contributed by atoms with E-state index in [1.807, 2.05) is 25.2 Å². The molecule has 1 aromatic carbocycles. The van der Waals surface area contributed by atoms with Crippen molar-refractivity contribution in [1.82, 2.24) is 15.0 Å². The first kappa shape index (κ1) is 18.6. The third-order valence-corrected chi connectivity index (χ3v) is 4.79. The molecule has 0 aliphatic carbocycles. The summed E-state index contributed by atoms with van der Waals surface area (Å²) in [6, 6.07) is 12.1. The van der Waals surface area contributed by atoms with Gasteiger partial charge in [0.2, 0.25) is 0 Å². The largest absolute Gasteiger partial charge is 0.388 e. The van der Waals surface area contributed by atoms with Crippen LogP contribution >= 0.6 is 0 Å². The van der Waals surface area contributed by atoms with Gasteiger partial charge >= 0.3 is 0 Å². The second kappa shape index (κ2) is 8.01. The van der Waals surface area contributed by atoms with Crippen molar-refractivity contribution in [2.45, 2.75) is 38.3 Å². The van der Waals surface area contributed by atoms with E-state index in [2.05, 4.69) is 22.2 Å². The SMILES string of the molecule is CN(CCc1ccccc1)Cc1cc(C(=O)N2CCC[C@](C)(O)C2)no1. The van der Waals surface area contributed by atoms with E-state index in [-0.39, 0.29) is 5.91 Å². The van der Waals surface area contributed by atoms with Crippen LogP contribution in [0.15, 0.2) is 40.9 Å². The Morgan fingerprint density at radius 2 is 2.15 bits per heavy atom. The monoisotopic (exact) mass is 357 g/mol. The Kier molecular flexibility index (Phi) is 5.74. The van der Waals surface area contributed by atoms with Crippen LogP contribution in [0.4, 0.5) is 0 Å². The number of piperidine rings is 1. The molecule has 140 valence electrons. The fraction of sp³-hybridized carbons (Fsp3) is 0.500. The first-order valence-corrected chi connectivity index (χ1v) is 9.13. The summed E-state index contributed by atoms with van der Waals surface area (Å²) in [5.74, 6) is 0.500. The number of β-amino-alcohol motifs (C(OH)–C–C–N with tert-alkyl or cyclic N) is 1. The fourth-order valence-electron chi connectivity index (χ4n) is 3.35. The third-order valence-electron chi connectivity index (χ3n) is 4.79. The maximum Gasteiger partial charge on any atom is 0.276 e. The first-order chi connectivity index (χ1) is 12.4. The first-order valence-electron chi connectivity index (χ1n) is 9.13. The number of aliphatic hydroxyl groups is 1. The second-order valence-electron chi connectivity index (χ2n) is 7.48. The summed E-state index contributed by atoms with van der Waals surface area (Å²) in [5.41, 5.74) is 0.789. The molecule has 26 heavy (non-hydrogen) atoms. The number of nitrogens with zero attached hydrogens (tertiary/aromatic N) is 3. The minimum absolute atomic E-state index is 0.174. The molecule has 1 atom stereocenters. The van der Waals surface area contributed by atoms with Crippen molar-refractivity contribution in [2.24, 2.45) is 0 Å². The molecule has 1 aliphatic rings. The Morgan fingerprint density at radius 3 is 2.88 bits per heavy atom. The summed E-state index contributed by atoms with van der Waals surface area (Å²) in [6.07, 6.45) is 2.47. The molecular formula is C20H27N3O3. The minimum Gasteiger partial charge on any atom is -0.388 e. The van der Waals surface area contributed by atoms with E-state index < -0.39 is 5.60 Å². The molecule has 1 aliphatic heterocycles. The van der Waals surface area contributed by atoms with Gasteiger partial charge in [-0.2, -0.15) is 0 Å². The van der Waals surface area contributed by atoms with Crippen LogP contribution in [0.1, 0.15) is 41.6 Å². The van der Waals surface area contributed by atoms with Gasteiger partial charge in [0.15, 0.2) is 11.5 Å². The van der Waals surface area contributed by atoms with E-state index in [1.54, 1.807) is 17.9 Å². The zero-order valence-electron chi connectivity index (χ0n) is 15.5. The molecule has 0 saturated carbocycles. The number of hydrogen-bond acceptors (Lipinski definition) is 5. The van der Waals surface area contributed by atoms with Gasteiger partial charge in [-0.05, 0) is 38.8 Å². The summed E-state index contributed by atoms with van der Waals surface area (Å²) in [5, 5.41) is 14.1. The number of likely N-dealkylation sites (tertiary alicyclic amines) is 1. The summed E-state index contributed by atoms with van der Waals surface area (Å²) in [7, 11) is 2.02. The minimum atomic E-state index is -0.821. The predicted octanol–water partition coefficient (Wildman–Crippen LogP) is 2.34. The smallest absolute Gasteiger partial charge is 0.276 e. The molecule has 3 rings (SSSR count). The van der Waals surface area contributed by atoms with Crippen LogP contribution < -0.4 is 0 Å². The Morgan fingerprint density at radius 1 is 1.38 bits per heavy atom.